The van der Waals surface area contributed by atoms with Crippen LogP contribution in [0.1, 0.15) is 16.1 Å². The molecule has 2 rings (SSSR count). The van der Waals surface area contributed by atoms with Gasteiger partial charge in [0.2, 0.25) is 5.75 Å². The van der Waals surface area contributed by atoms with Crippen LogP contribution in [0, 0.1) is 6.92 Å². The third kappa shape index (κ3) is 2.94. The minimum absolute atomic E-state index is 0.268. The number of methoxy groups -OCH3 is 3. The Morgan fingerprint density at radius 3 is 2.14 bits per heavy atom. The van der Waals surface area contributed by atoms with Gasteiger partial charge in [0.1, 0.15) is 5.76 Å². The maximum atomic E-state index is 12.2. The van der Waals surface area contributed by atoms with Crippen molar-refractivity contribution >= 4 is 11.6 Å². The second kappa shape index (κ2) is 6.21. The predicted molar refractivity (Wildman–Crippen MR) is 77.5 cm³/mol. The van der Waals surface area contributed by atoms with Gasteiger partial charge in [-0.15, -0.1) is 0 Å². The van der Waals surface area contributed by atoms with Crippen LogP contribution in [0.4, 0.5) is 5.69 Å². The minimum Gasteiger partial charge on any atom is -0.493 e. The number of carbonyl (C=O) groups is 1. The Kier molecular flexibility index (Phi) is 4.37. The van der Waals surface area contributed by atoms with E-state index in [1.807, 2.05) is 0 Å². The van der Waals surface area contributed by atoms with E-state index in [0.29, 0.717) is 34.3 Å². The van der Waals surface area contributed by atoms with E-state index in [1.54, 1.807) is 25.1 Å². The summed E-state index contributed by atoms with van der Waals surface area (Å²) in [5, 5.41) is 2.77. The normalized spacial score (nSPS) is 10.1. The van der Waals surface area contributed by atoms with Crippen LogP contribution >= 0.6 is 0 Å². The van der Waals surface area contributed by atoms with Crippen LogP contribution in [0.15, 0.2) is 28.9 Å². The van der Waals surface area contributed by atoms with Crippen molar-refractivity contribution in [2.45, 2.75) is 6.92 Å². The lowest BCUT2D eigenvalue weighted by Crippen LogP contribution is -2.12. The molecule has 21 heavy (non-hydrogen) atoms. The van der Waals surface area contributed by atoms with Gasteiger partial charge in [-0.3, -0.25) is 4.79 Å². The van der Waals surface area contributed by atoms with Crippen LogP contribution in [-0.2, 0) is 0 Å². The molecule has 0 aliphatic rings. The van der Waals surface area contributed by atoms with Crippen LogP contribution in [0.2, 0.25) is 0 Å². The van der Waals surface area contributed by atoms with Crippen LogP contribution < -0.4 is 19.5 Å². The van der Waals surface area contributed by atoms with Gasteiger partial charge < -0.3 is 23.9 Å². The number of aryl methyl sites for hydroxylation is 1. The molecule has 6 heteroatoms. The molecule has 0 spiro atoms. The van der Waals surface area contributed by atoms with Gasteiger partial charge in [0.05, 0.1) is 33.2 Å². The van der Waals surface area contributed by atoms with Crippen LogP contribution in [0.25, 0.3) is 0 Å². The second-order valence-electron chi connectivity index (χ2n) is 4.26. The molecular formula is C15H17NO5. The van der Waals surface area contributed by atoms with E-state index in [1.165, 1.54) is 27.6 Å². The molecule has 1 aromatic heterocycles. The third-order valence-corrected chi connectivity index (χ3v) is 3.03. The highest BCUT2D eigenvalue weighted by atomic mass is 16.5. The van der Waals surface area contributed by atoms with Crippen molar-refractivity contribution in [1.29, 1.82) is 0 Å². The number of nitrogens with one attached hydrogen (secondary N) is 1. The smallest absolute Gasteiger partial charge is 0.259 e. The molecular weight excluding hydrogens is 274 g/mol. The Balaban J connectivity index is 2.32. The lowest BCUT2D eigenvalue weighted by atomic mass is 10.2. The Morgan fingerprint density at radius 1 is 1.10 bits per heavy atom. The second-order valence-corrected chi connectivity index (χ2v) is 4.26. The number of amides is 1. The summed E-state index contributed by atoms with van der Waals surface area (Å²) in [5.41, 5.74) is 1.01. The van der Waals surface area contributed by atoms with E-state index in [4.69, 9.17) is 18.6 Å². The largest absolute Gasteiger partial charge is 0.493 e. The van der Waals surface area contributed by atoms with Gasteiger partial charge in [-0.2, -0.15) is 0 Å². The molecule has 0 bridgehead atoms. The van der Waals surface area contributed by atoms with Gasteiger partial charge in [-0.1, -0.05) is 0 Å². The summed E-state index contributed by atoms with van der Waals surface area (Å²) in [5.74, 6) is 1.69. The molecule has 1 heterocycles. The van der Waals surface area contributed by atoms with Crippen molar-refractivity contribution in [1.82, 2.24) is 0 Å². The monoisotopic (exact) mass is 291 g/mol. The molecule has 0 fully saturated rings. The van der Waals surface area contributed by atoms with E-state index in [0.717, 1.165) is 0 Å². The first-order chi connectivity index (χ1) is 10.1. The zero-order valence-corrected chi connectivity index (χ0v) is 12.4. The Bertz CT molecular complexity index is 622. The van der Waals surface area contributed by atoms with Crippen LogP contribution in [-0.4, -0.2) is 27.2 Å². The van der Waals surface area contributed by atoms with Crippen molar-refractivity contribution < 1.29 is 23.4 Å². The molecule has 0 saturated heterocycles. The highest BCUT2D eigenvalue weighted by molar-refractivity contribution is 6.05. The standard InChI is InChI=1S/C15H17NO5/c1-9-11(5-6-21-9)15(17)16-10-7-12(18-2)14(20-4)13(8-10)19-3/h5-8H,1-4H3,(H,16,17). The fourth-order valence-electron chi connectivity index (χ4n) is 1.97. The SMILES string of the molecule is COc1cc(NC(=O)c2ccoc2C)cc(OC)c1OC. The molecule has 0 aliphatic carbocycles. The van der Waals surface area contributed by atoms with Crippen molar-refractivity contribution in [3.8, 4) is 17.2 Å². The van der Waals surface area contributed by atoms with Crippen molar-refractivity contribution in [2.24, 2.45) is 0 Å². The molecule has 6 nitrogen and oxygen atoms in total. The number of anilines is 1. The number of hydrogen-bond donors (Lipinski definition) is 1. The van der Waals surface area contributed by atoms with E-state index in [2.05, 4.69) is 5.32 Å². The van der Waals surface area contributed by atoms with Crippen LogP contribution in [0.3, 0.4) is 0 Å². The summed E-state index contributed by atoms with van der Waals surface area (Å²) in [6, 6.07) is 4.94. The van der Waals surface area contributed by atoms with E-state index in [-0.39, 0.29) is 5.91 Å². The Morgan fingerprint density at radius 2 is 1.71 bits per heavy atom. The van der Waals surface area contributed by atoms with E-state index in [9.17, 15) is 4.79 Å². The van der Waals surface area contributed by atoms with Crippen molar-refractivity contribution in [2.75, 3.05) is 26.6 Å². The fourth-order valence-corrected chi connectivity index (χ4v) is 1.97. The average Bonchev–Trinajstić information content (AvgIpc) is 2.92. The minimum atomic E-state index is -0.268. The fraction of sp³-hybridized carbons (Fsp3) is 0.267. The van der Waals surface area contributed by atoms with Gasteiger partial charge in [-0.25, -0.2) is 0 Å². The number of ether oxygens (including phenoxy) is 3. The summed E-state index contributed by atoms with van der Waals surface area (Å²) in [4.78, 5) is 12.2. The molecule has 112 valence electrons. The predicted octanol–water partition coefficient (Wildman–Crippen LogP) is 2.87. The van der Waals surface area contributed by atoms with Crippen molar-refractivity contribution in [3.63, 3.8) is 0 Å². The Hall–Kier alpha value is -2.63. The maximum absolute atomic E-state index is 12.2. The van der Waals surface area contributed by atoms with Crippen LogP contribution in [0.5, 0.6) is 17.2 Å². The number of carbonyl (C=O) groups excluding carboxylic acids is 1. The highest BCUT2D eigenvalue weighted by Gasteiger charge is 2.16. The number of rotatable bonds is 5. The highest BCUT2D eigenvalue weighted by Crippen LogP contribution is 2.40. The summed E-state index contributed by atoms with van der Waals surface area (Å²) in [7, 11) is 4.56. The zero-order valence-electron chi connectivity index (χ0n) is 12.4. The van der Waals surface area contributed by atoms with Gasteiger partial charge >= 0.3 is 0 Å². The summed E-state index contributed by atoms with van der Waals surface area (Å²) < 4.78 is 20.8. The lowest BCUT2D eigenvalue weighted by molar-refractivity contribution is 0.102. The molecule has 0 aliphatic heterocycles. The third-order valence-electron chi connectivity index (χ3n) is 3.03. The molecule has 0 unspecified atom stereocenters. The first-order valence-electron chi connectivity index (χ1n) is 6.26. The average molecular weight is 291 g/mol. The molecule has 0 radical (unpaired) electrons. The first-order valence-corrected chi connectivity index (χ1v) is 6.26. The first kappa shape index (κ1) is 14.8. The zero-order chi connectivity index (χ0) is 15.4. The van der Waals surface area contributed by atoms with Gasteiger partial charge in [0.15, 0.2) is 11.5 Å². The van der Waals surface area contributed by atoms with E-state index >= 15 is 0 Å². The molecule has 1 amide bonds. The molecule has 0 atom stereocenters. The van der Waals surface area contributed by atoms with Crippen molar-refractivity contribution in [3.05, 3.63) is 35.8 Å². The molecule has 0 saturated carbocycles. The summed E-state index contributed by atoms with van der Waals surface area (Å²) in [6.07, 6.45) is 1.47. The topological polar surface area (TPSA) is 69.9 Å². The molecule has 1 N–H and O–H groups in total. The molecule has 1 aromatic carbocycles. The number of benzene rings is 1. The maximum Gasteiger partial charge on any atom is 0.259 e. The number of hydrogen-bond acceptors (Lipinski definition) is 5. The van der Waals surface area contributed by atoms with Gasteiger partial charge in [0, 0.05) is 17.8 Å². The molecule has 2 aromatic rings. The quantitative estimate of drug-likeness (QED) is 0.917. The Labute approximate surface area is 122 Å². The van der Waals surface area contributed by atoms with Gasteiger partial charge in [0.25, 0.3) is 5.91 Å². The van der Waals surface area contributed by atoms with E-state index < -0.39 is 0 Å². The number of furan rings is 1. The summed E-state index contributed by atoms with van der Waals surface area (Å²) >= 11 is 0. The summed E-state index contributed by atoms with van der Waals surface area (Å²) in [6.45, 7) is 1.73. The van der Waals surface area contributed by atoms with Gasteiger partial charge in [-0.05, 0) is 13.0 Å². The lowest BCUT2D eigenvalue weighted by Gasteiger charge is -2.14.